The number of aromatic amines is 1. The van der Waals surface area contributed by atoms with Crippen LogP contribution in [0.2, 0.25) is 0 Å². The zero-order chi connectivity index (χ0) is 25.8. The SMILES string of the molecule is CCCCCN(C(=O)CCC(=O)OCc1ccccc1C#N)c1c(N)n(CCCC)c(=O)[nH]c1=O. The van der Waals surface area contributed by atoms with E-state index in [9.17, 15) is 19.2 Å². The van der Waals surface area contributed by atoms with Gasteiger partial charge in [0.25, 0.3) is 5.56 Å². The molecule has 0 bridgehead atoms. The van der Waals surface area contributed by atoms with Crippen LogP contribution in [0.4, 0.5) is 11.5 Å². The molecule has 10 heteroatoms. The Morgan fingerprint density at radius 3 is 2.51 bits per heavy atom. The quantitative estimate of drug-likeness (QED) is 0.328. The normalized spacial score (nSPS) is 10.5. The highest BCUT2D eigenvalue weighted by atomic mass is 16.5. The summed E-state index contributed by atoms with van der Waals surface area (Å²) in [6.07, 6.45) is 3.46. The number of nitrogens with one attached hydrogen (secondary N) is 1. The number of carbonyl (C=O) groups is 2. The third kappa shape index (κ3) is 7.57. The van der Waals surface area contributed by atoms with Gasteiger partial charge in [0.05, 0.1) is 18.1 Å². The van der Waals surface area contributed by atoms with Gasteiger partial charge in [0, 0.05) is 25.1 Å². The van der Waals surface area contributed by atoms with Crippen molar-refractivity contribution in [3.05, 3.63) is 56.2 Å². The first-order valence-electron chi connectivity index (χ1n) is 11.9. The van der Waals surface area contributed by atoms with E-state index in [1.54, 1.807) is 24.3 Å². The van der Waals surface area contributed by atoms with Crippen molar-refractivity contribution in [2.24, 2.45) is 0 Å². The molecule has 0 atom stereocenters. The van der Waals surface area contributed by atoms with Crippen molar-refractivity contribution in [3.8, 4) is 6.07 Å². The standard InChI is InChI=1S/C25H33N5O5/c1-3-5-9-15-29(22-23(27)30(14-6-4-2)25(34)28-24(22)33)20(31)12-13-21(32)35-17-19-11-8-7-10-18(19)16-26/h7-8,10-11H,3-6,9,12-15,17,27H2,1-2H3,(H,28,33,34). The maximum absolute atomic E-state index is 13.1. The van der Waals surface area contributed by atoms with Crippen LogP contribution < -0.4 is 21.9 Å². The number of nitriles is 1. The van der Waals surface area contributed by atoms with Gasteiger partial charge in [0.1, 0.15) is 12.4 Å². The average Bonchev–Trinajstić information content (AvgIpc) is 2.85. The van der Waals surface area contributed by atoms with Crippen LogP contribution in [-0.2, 0) is 27.5 Å². The van der Waals surface area contributed by atoms with Gasteiger partial charge in [0.15, 0.2) is 5.69 Å². The van der Waals surface area contributed by atoms with Crippen molar-refractivity contribution in [1.82, 2.24) is 9.55 Å². The van der Waals surface area contributed by atoms with E-state index in [1.807, 2.05) is 19.9 Å². The fraction of sp³-hybridized carbons (Fsp3) is 0.480. The molecular formula is C25H33N5O5. The molecule has 0 aliphatic heterocycles. The second-order valence-corrected chi connectivity index (χ2v) is 8.18. The predicted octanol–water partition coefficient (Wildman–Crippen LogP) is 2.84. The second kappa shape index (κ2) is 13.7. The molecule has 0 unspecified atom stereocenters. The third-order valence-electron chi connectivity index (χ3n) is 5.58. The summed E-state index contributed by atoms with van der Waals surface area (Å²) in [6, 6.07) is 8.81. The molecule has 0 aliphatic carbocycles. The van der Waals surface area contributed by atoms with E-state index in [4.69, 9.17) is 15.7 Å². The van der Waals surface area contributed by atoms with Gasteiger partial charge < -0.3 is 15.4 Å². The number of nitrogen functional groups attached to an aromatic ring is 1. The van der Waals surface area contributed by atoms with Crippen molar-refractivity contribution < 1.29 is 14.3 Å². The molecule has 10 nitrogen and oxygen atoms in total. The Labute approximate surface area is 204 Å². The molecular weight excluding hydrogens is 450 g/mol. The molecule has 0 fully saturated rings. The summed E-state index contributed by atoms with van der Waals surface area (Å²) in [5.41, 5.74) is 5.75. The van der Waals surface area contributed by atoms with Crippen molar-refractivity contribution in [2.45, 2.75) is 71.9 Å². The Hall–Kier alpha value is -3.87. The average molecular weight is 484 g/mol. The van der Waals surface area contributed by atoms with E-state index in [0.717, 1.165) is 19.3 Å². The largest absolute Gasteiger partial charge is 0.461 e. The Kier molecular flexibility index (Phi) is 10.8. The molecule has 35 heavy (non-hydrogen) atoms. The summed E-state index contributed by atoms with van der Waals surface area (Å²) in [5, 5.41) is 9.15. The number of H-pyrrole nitrogens is 1. The van der Waals surface area contributed by atoms with E-state index in [1.165, 1.54) is 9.47 Å². The molecule has 0 spiro atoms. The number of rotatable bonds is 13. The molecule has 1 heterocycles. The van der Waals surface area contributed by atoms with Gasteiger partial charge in [-0.05, 0) is 18.9 Å². The minimum absolute atomic E-state index is 0.0623. The highest BCUT2D eigenvalue weighted by molar-refractivity contribution is 5.96. The van der Waals surface area contributed by atoms with Gasteiger partial charge in [0.2, 0.25) is 5.91 Å². The first-order valence-corrected chi connectivity index (χ1v) is 11.9. The molecule has 1 aromatic heterocycles. The number of carbonyl (C=O) groups excluding carboxylic acids is 2. The van der Waals surface area contributed by atoms with Gasteiger partial charge in [-0.25, -0.2) is 4.79 Å². The van der Waals surface area contributed by atoms with E-state index < -0.39 is 23.1 Å². The van der Waals surface area contributed by atoms with Gasteiger partial charge in [-0.2, -0.15) is 5.26 Å². The molecule has 0 radical (unpaired) electrons. The molecule has 0 saturated carbocycles. The lowest BCUT2D eigenvalue weighted by Gasteiger charge is -2.24. The number of hydrogen-bond acceptors (Lipinski definition) is 7. The van der Waals surface area contributed by atoms with Gasteiger partial charge in [-0.3, -0.25) is 23.9 Å². The minimum Gasteiger partial charge on any atom is -0.461 e. The first kappa shape index (κ1) is 27.4. The summed E-state index contributed by atoms with van der Waals surface area (Å²) >= 11 is 0. The lowest BCUT2D eigenvalue weighted by Crippen LogP contribution is -2.41. The van der Waals surface area contributed by atoms with E-state index >= 15 is 0 Å². The molecule has 188 valence electrons. The third-order valence-corrected chi connectivity index (χ3v) is 5.58. The molecule has 1 aromatic carbocycles. The smallest absolute Gasteiger partial charge is 0.330 e. The van der Waals surface area contributed by atoms with Crippen LogP contribution in [0.1, 0.15) is 69.9 Å². The lowest BCUT2D eigenvalue weighted by molar-refractivity contribution is -0.146. The number of benzene rings is 1. The number of hydrogen-bond donors (Lipinski definition) is 2. The van der Waals surface area contributed by atoms with E-state index in [0.29, 0.717) is 30.5 Å². The molecule has 3 N–H and O–H groups in total. The topological polar surface area (TPSA) is 151 Å². The number of amides is 1. The number of nitrogens with two attached hydrogens (primary N) is 1. The summed E-state index contributed by atoms with van der Waals surface area (Å²) in [5.74, 6) is -1.13. The van der Waals surface area contributed by atoms with Gasteiger partial charge in [-0.15, -0.1) is 0 Å². The van der Waals surface area contributed by atoms with Crippen LogP contribution in [-0.4, -0.2) is 28.0 Å². The summed E-state index contributed by atoms with van der Waals surface area (Å²) in [4.78, 5) is 53.8. The maximum Gasteiger partial charge on any atom is 0.330 e. The highest BCUT2D eigenvalue weighted by Crippen LogP contribution is 2.20. The summed E-state index contributed by atoms with van der Waals surface area (Å²) < 4.78 is 6.50. The van der Waals surface area contributed by atoms with Crippen molar-refractivity contribution in [3.63, 3.8) is 0 Å². The molecule has 1 amide bonds. The number of ether oxygens (including phenoxy) is 1. The Bertz CT molecular complexity index is 1180. The summed E-state index contributed by atoms with van der Waals surface area (Å²) in [7, 11) is 0. The van der Waals surface area contributed by atoms with Crippen LogP contribution in [0.25, 0.3) is 0 Å². The molecule has 2 rings (SSSR count). The number of aromatic nitrogens is 2. The zero-order valence-corrected chi connectivity index (χ0v) is 20.3. The molecule has 0 saturated heterocycles. The van der Waals surface area contributed by atoms with Crippen molar-refractivity contribution in [1.29, 1.82) is 5.26 Å². The number of anilines is 2. The van der Waals surface area contributed by atoms with Crippen molar-refractivity contribution >= 4 is 23.4 Å². The maximum atomic E-state index is 13.1. The second-order valence-electron chi connectivity index (χ2n) is 8.18. The van der Waals surface area contributed by atoms with Crippen LogP contribution in [0.15, 0.2) is 33.9 Å². The fourth-order valence-corrected chi connectivity index (χ4v) is 3.59. The van der Waals surface area contributed by atoms with Gasteiger partial charge in [-0.1, -0.05) is 51.3 Å². The summed E-state index contributed by atoms with van der Waals surface area (Å²) in [6.45, 7) is 4.45. The number of esters is 1. The van der Waals surface area contributed by atoms with Crippen LogP contribution in [0.3, 0.4) is 0 Å². The fourth-order valence-electron chi connectivity index (χ4n) is 3.59. The number of nitrogens with zero attached hydrogens (tertiary/aromatic N) is 3. The van der Waals surface area contributed by atoms with Crippen molar-refractivity contribution in [2.75, 3.05) is 17.2 Å². The number of unbranched alkanes of at least 4 members (excludes halogenated alkanes) is 3. The Morgan fingerprint density at radius 2 is 1.83 bits per heavy atom. The Balaban J connectivity index is 2.17. The van der Waals surface area contributed by atoms with Gasteiger partial charge >= 0.3 is 11.7 Å². The predicted molar refractivity (Wildman–Crippen MR) is 133 cm³/mol. The minimum atomic E-state index is -0.735. The van der Waals surface area contributed by atoms with Crippen LogP contribution in [0.5, 0.6) is 0 Å². The van der Waals surface area contributed by atoms with E-state index in [2.05, 4.69) is 4.98 Å². The Morgan fingerprint density at radius 1 is 1.11 bits per heavy atom. The molecule has 2 aromatic rings. The van der Waals surface area contributed by atoms with E-state index in [-0.39, 0.29) is 37.5 Å². The lowest BCUT2D eigenvalue weighted by atomic mass is 10.1. The van der Waals surface area contributed by atoms with Crippen LogP contribution in [0, 0.1) is 11.3 Å². The first-order chi connectivity index (χ1) is 16.8. The monoisotopic (exact) mass is 483 g/mol. The van der Waals surface area contributed by atoms with Crippen LogP contribution >= 0.6 is 0 Å². The molecule has 0 aliphatic rings. The zero-order valence-electron chi connectivity index (χ0n) is 20.3. The highest BCUT2D eigenvalue weighted by Gasteiger charge is 2.24.